The van der Waals surface area contributed by atoms with Crippen LogP contribution in [0.3, 0.4) is 0 Å². The second kappa shape index (κ2) is 5.07. The molecular formula is C12H19F3N2O. The van der Waals surface area contributed by atoms with E-state index in [0.717, 1.165) is 24.2 Å². The van der Waals surface area contributed by atoms with E-state index in [-0.39, 0.29) is 17.9 Å². The van der Waals surface area contributed by atoms with Gasteiger partial charge in [-0.25, -0.2) is 0 Å². The summed E-state index contributed by atoms with van der Waals surface area (Å²) in [7, 11) is 0. The topological polar surface area (TPSA) is 32.3 Å². The predicted molar refractivity (Wildman–Crippen MR) is 61.0 cm³/mol. The summed E-state index contributed by atoms with van der Waals surface area (Å²) in [5.74, 6) is -0.137. The number of carbonyl (C=O) groups is 1. The number of halogens is 3. The van der Waals surface area contributed by atoms with Crippen molar-refractivity contribution >= 4 is 5.91 Å². The minimum Gasteiger partial charge on any atom is -0.329 e. The highest BCUT2D eigenvalue weighted by atomic mass is 19.4. The molecule has 1 aliphatic carbocycles. The molecule has 1 heterocycles. The van der Waals surface area contributed by atoms with Gasteiger partial charge in [0.15, 0.2) is 0 Å². The lowest BCUT2D eigenvalue weighted by molar-refractivity contribution is -0.167. The van der Waals surface area contributed by atoms with Crippen molar-refractivity contribution in [2.24, 2.45) is 5.92 Å². The van der Waals surface area contributed by atoms with Crippen LogP contribution in [0.5, 0.6) is 0 Å². The molecule has 2 atom stereocenters. The summed E-state index contributed by atoms with van der Waals surface area (Å²) in [6, 6.07) is -0.727. The van der Waals surface area contributed by atoms with Crippen LogP contribution in [0, 0.1) is 5.92 Å². The maximum absolute atomic E-state index is 12.6. The summed E-state index contributed by atoms with van der Waals surface area (Å²) in [4.78, 5) is 13.2. The smallest absolute Gasteiger partial charge is 0.329 e. The average molecular weight is 264 g/mol. The van der Waals surface area contributed by atoms with Gasteiger partial charge in [-0.15, -0.1) is 0 Å². The Morgan fingerprint density at radius 1 is 1.39 bits per heavy atom. The van der Waals surface area contributed by atoms with Gasteiger partial charge in [0.2, 0.25) is 5.91 Å². The summed E-state index contributed by atoms with van der Waals surface area (Å²) in [5.41, 5.74) is 0. The number of carbonyl (C=O) groups excluding carboxylic acids is 1. The van der Waals surface area contributed by atoms with Gasteiger partial charge in [0.05, 0.1) is 6.04 Å². The van der Waals surface area contributed by atoms with Crippen LogP contribution < -0.4 is 5.32 Å². The van der Waals surface area contributed by atoms with E-state index in [0.29, 0.717) is 13.0 Å². The highest BCUT2D eigenvalue weighted by molar-refractivity contribution is 5.82. The van der Waals surface area contributed by atoms with Crippen molar-refractivity contribution in [2.45, 2.75) is 50.9 Å². The van der Waals surface area contributed by atoms with Crippen molar-refractivity contribution < 1.29 is 18.0 Å². The Hall–Kier alpha value is -0.780. The molecule has 1 saturated heterocycles. The second-order valence-corrected chi connectivity index (χ2v) is 5.31. The Morgan fingerprint density at radius 3 is 2.50 bits per heavy atom. The van der Waals surface area contributed by atoms with E-state index in [1.165, 1.54) is 0 Å². The molecule has 104 valence electrons. The van der Waals surface area contributed by atoms with E-state index in [1.54, 1.807) is 6.92 Å². The lowest BCUT2D eigenvalue weighted by Gasteiger charge is -2.32. The van der Waals surface area contributed by atoms with Crippen molar-refractivity contribution in [3.05, 3.63) is 0 Å². The molecule has 1 amide bonds. The molecule has 1 N–H and O–H groups in total. The zero-order chi connectivity index (χ0) is 13.3. The molecule has 2 rings (SSSR count). The van der Waals surface area contributed by atoms with Gasteiger partial charge in [-0.05, 0) is 45.1 Å². The fourth-order valence-corrected chi connectivity index (χ4v) is 2.54. The SMILES string of the molecule is CC(C1CC1)N(CC(F)(F)F)C(=O)C1CCCN1. The number of nitrogens with zero attached hydrogens (tertiary/aromatic N) is 1. The van der Waals surface area contributed by atoms with Gasteiger partial charge in [0.1, 0.15) is 6.54 Å². The third kappa shape index (κ3) is 3.37. The van der Waals surface area contributed by atoms with Gasteiger partial charge in [-0.2, -0.15) is 13.2 Å². The van der Waals surface area contributed by atoms with E-state index in [1.807, 2.05) is 0 Å². The Bertz CT molecular complexity index is 309. The predicted octanol–water partition coefficient (Wildman–Crippen LogP) is 1.93. The molecule has 0 spiro atoms. The number of hydrogen-bond acceptors (Lipinski definition) is 2. The molecule has 6 heteroatoms. The molecule has 1 aliphatic heterocycles. The Balaban J connectivity index is 2.04. The quantitative estimate of drug-likeness (QED) is 0.841. The molecule has 0 bridgehead atoms. The first-order valence-electron chi connectivity index (χ1n) is 6.49. The van der Waals surface area contributed by atoms with Gasteiger partial charge >= 0.3 is 6.18 Å². The third-order valence-electron chi connectivity index (χ3n) is 3.79. The lowest BCUT2D eigenvalue weighted by Crippen LogP contribution is -2.51. The van der Waals surface area contributed by atoms with Gasteiger partial charge in [0.25, 0.3) is 0 Å². The summed E-state index contributed by atoms with van der Waals surface area (Å²) < 4.78 is 37.7. The summed E-state index contributed by atoms with van der Waals surface area (Å²) in [6.45, 7) is 1.33. The monoisotopic (exact) mass is 264 g/mol. The molecule has 2 unspecified atom stereocenters. The number of amides is 1. The minimum absolute atomic E-state index is 0.248. The molecule has 3 nitrogen and oxygen atoms in total. The lowest BCUT2D eigenvalue weighted by atomic mass is 10.1. The molecule has 0 aromatic heterocycles. The van der Waals surface area contributed by atoms with E-state index >= 15 is 0 Å². The summed E-state index contributed by atoms with van der Waals surface area (Å²) in [5, 5.41) is 2.98. The normalized spacial score (nSPS) is 26.1. The van der Waals surface area contributed by atoms with Crippen LogP contribution in [0.15, 0.2) is 0 Å². The van der Waals surface area contributed by atoms with Gasteiger partial charge in [-0.1, -0.05) is 0 Å². The van der Waals surface area contributed by atoms with E-state index in [4.69, 9.17) is 0 Å². The molecule has 2 fully saturated rings. The summed E-state index contributed by atoms with van der Waals surface area (Å²) >= 11 is 0. The van der Waals surface area contributed by atoms with Gasteiger partial charge in [0, 0.05) is 6.04 Å². The van der Waals surface area contributed by atoms with Crippen LogP contribution in [0.4, 0.5) is 13.2 Å². The zero-order valence-corrected chi connectivity index (χ0v) is 10.5. The molecule has 0 aromatic rings. The van der Waals surface area contributed by atoms with Crippen molar-refractivity contribution in [3.8, 4) is 0 Å². The Labute approximate surface area is 105 Å². The number of hydrogen-bond donors (Lipinski definition) is 1. The van der Waals surface area contributed by atoms with Crippen molar-refractivity contribution in [3.63, 3.8) is 0 Å². The number of rotatable bonds is 4. The zero-order valence-electron chi connectivity index (χ0n) is 10.5. The van der Waals surface area contributed by atoms with Gasteiger partial charge in [-0.3, -0.25) is 4.79 Å². The summed E-state index contributed by atoms with van der Waals surface area (Å²) in [6.07, 6.45) is -0.960. The maximum Gasteiger partial charge on any atom is 0.406 e. The minimum atomic E-state index is -4.32. The molecule has 0 radical (unpaired) electrons. The molecule has 18 heavy (non-hydrogen) atoms. The number of nitrogens with one attached hydrogen (secondary N) is 1. The van der Waals surface area contributed by atoms with Gasteiger partial charge < -0.3 is 10.2 Å². The third-order valence-corrected chi connectivity index (χ3v) is 3.79. The standard InChI is InChI=1S/C12H19F3N2O/c1-8(9-4-5-9)17(7-12(13,14)15)11(18)10-3-2-6-16-10/h8-10,16H,2-7H2,1H3. The number of alkyl halides is 3. The Morgan fingerprint density at radius 2 is 2.06 bits per heavy atom. The van der Waals surface area contributed by atoms with Crippen LogP contribution in [0.25, 0.3) is 0 Å². The molecule has 2 aliphatic rings. The fraction of sp³-hybridized carbons (Fsp3) is 0.917. The van der Waals surface area contributed by atoms with E-state index in [9.17, 15) is 18.0 Å². The van der Waals surface area contributed by atoms with Crippen LogP contribution in [-0.2, 0) is 4.79 Å². The fourth-order valence-electron chi connectivity index (χ4n) is 2.54. The Kier molecular flexibility index (Phi) is 3.84. The van der Waals surface area contributed by atoms with Crippen molar-refractivity contribution in [1.29, 1.82) is 0 Å². The first kappa shape index (κ1) is 13.6. The van der Waals surface area contributed by atoms with Crippen molar-refractivity contribution in [1.82, 2.24) is 10.2 Å². The molecule has 1 saturated carbocycles. The molecular weight excluding hydrogens is 245 g/mol. The van der Waals surface area contributed by atoms with Crippen LogP contribution in [-0.4, -0.2) is 42.2 Å². The first-order chi connectivity index (χ1) is 8.38. The van der Waals surface area contributed by atoms with Crippen molar-refractivity contribution in [2.75, 3.05) is 13.1 Å². The highest BCUT2D eigenvalue weighted by Crippen LogP contribution is 2.36. The molecule has 0 aromatic carbocycles. The second-order valence-electron chi connectivity index (χ2n) is 5.31. The van der Waals surface area contributed by atoms with Crippen LogP contribution in [0.2, 0.25) is 0 Å². The van der Waals surface area contributed by atoms with Crippen LogP contribution >= 0.6 is 0 Å². The van der Waals surface area contributed by atoms with Crippen LogP contribution in [0.1, 0.15) is 32.6 Å². The largest absolute Gasteiger partial charge is 0.406 e. The maximum atomic E-state index is 12.6. The van der Waals surface area contributed by atoms with E-state index in [2.05, 4.69) is 5.32 Å². The first-order valence-corrected chi connectivity index (χ1v) is 6.49. The highest BCUT2D eigenvalue weighted by Gasteiger charge is 2.42. The average Bonchev–Trinajstić information content (AvgIpc) is 2.98. The van der Waals surface area contributed by atoms with E-state index < -0.39 is 18.8 Å².